The van der Waals surface area contributed by atoms with Gasteiger partial charge >= 0.3 is 0 Å². The smallest absolute Gasteiger partial charge is 0.0885 e. The summed E-state index contributed by atoms with van der Waals surface area (Å²) < 4.78 is 0. The Labute approximate surface area is 113 Å². The Kier molecular flexibility index (Phi) is 1.86. The van der Waals surface area contributed by atoms with E-state index in [0.29, 0.717) is 0 Å². The fourth-order valence-corrected chi connectivity index (χ4v) is 3.77. The number of hydrazine groups is 1. The molecule has 0 spiro atoms. The predicted octanol–water partition coefficient (Wildman–Crippen LogP) is 2.04. The summed E-state index contributed by atoms with van der Waals surface area (Å²) in [6.07, 6.45) is 9.90. The fourth-order valence-electron chi connectivity index (χ4n) is 3.77. The molecule has 0 amide bonds. The largest absolute Gasteiger partial charge is 0.403 e. The molecule has 0 saturated heterocycles. The summed E-state index contributed by atoms with van der Waals surface area (Å²) in [6, 6.07) is 2.16. The Morgan fingerprint density at radius 3 is 3.11 bits per heavy atom. The van der Waals surface area contributed by atoms with Gasteiger partial charge in [-0.2, -0.15) is 0 Å². The van der Waals surface area contributed by atoms with Crippen LogP contribution in [0.25, 0.3) is 6.08 Å². The van der Waals surface area contributed by atoms with Crippen molar-refractivity contribution in [3.05, 3.63) is 41.5 Å². The molecule has 4 nitrogen and oxygen atoms in total. The van der Waals surface area contributed by atoms with Gasteiger partial charge in [0.25, 0.3) is 0 Å². The van der Waals surface area contributed by atoms with E-state index in [0.717, 1.165) is 17.8 Å². The highest BCUT2D eigenvalue weighted by Crippen LogP contribution is 2.64. The van der Waals surface area contributed by atoms with E-state index in [1.165, 1.54) is 17.7 Å². The topological polar surface area (TPSA) is 54.2 Å². The Balaban J connectivity index is 1.99. The van der Waals surface area contributed by atoms with E-state index in [4.69, 9.17) is 5.73 Å². The molecule has 1 aliphatic carbocycles. The number of nitrogens with zero attached hydrogens (tertiary/aromatic N) is 2. The molecule has 1 aromatic rings. The Morgan fingerprint density at radius 1 is 1.53 bits per heavy atom. The first kappa shape index (κ1) is 11.1. The molecule has 2 atom stereocenters. The summed E-state index contributed by atoms with van der Waals surface area (Å²) in [4.78, 5) is 4.48. The van der Waals surface area contributed by atoms with Gasteiger partial charge in [-0.15, -0.1) is 0 Å². The van der Waals surface area contributed by atoms with Crippen molar-refractivity contribution >= 4 is 11.8 Å². The standard InChI is InChI=1S/C15H18N4/c1-3-15-9-14(15,2)11-6-7-17-12-5-4-10(8-16)19(18-15)13(11)12/h4-8,18H,3,9,16H2,1-2H3/b10-8-. The van der Waals surface area contributed by atoms with Crippen molar-refractivity contribution in [2.45, 2.75) is 37.6 Å². The average molecular weight is 254 g/mol. The number of allylic oxidation sites excluding steroid dienone is 1. The van der Waals surface area contributed by atoms with Crippen LogP contribution in [0.5, 0.6) is 0 Å². The monoisotopic (exact) mass is 254 g/mol. The maximum atomic E-state index is 5.76. The van der Waals surface area contributed by atoms with Gasteiger partial charge in [0, 0.05) is 23.4 Å². The fraction of sp³-hybridized carbons (Fsp3) is 0.400. The van der Waals surface area contributed by atoms with Crippen molar-refractivity contribution < 1.29 is 0 Å². The van der Waals surface area contributed by atoms with Crippen LogP contribution >= 0.6 is 0 Å². The van der Waals surface area contributed by atoms with E-state index in [9.17, 15) is 0 Å². The lowest BCUT2D eigenvalue weighted by Gasteiger charge is -2.42. The van der Waals surface area contributed by atoms with E-state index >= 15 is 0 Å². The van der Waals surface area contributed by atoms with Crippen LogP contribution in [-0.4, -0.2) is 10.5 Å². The molecule has 1 aromatic heterocycles. The minimum Gasteiger partial charge on any atom is -0.403 e. The van der Waals surface area contributed by atoms with Crippen LogP contribution in [-0.2, 0) is 5.41 Å². The number of nitrogens with one attached hydrogen (secondary N) is 1. The molecule has 1 fully saturated rings. The van der Waals surface area contributed by atoms with Gasteiger partial charge in [0.2, 0.25) is 0 Å². The quantitative estimate of drug-likeness (QED) is 0.805. The van der Waals surface area contributed by atoms with E-state index in [1.807, 2.05) is 18.3 Å². The highest BCUT2D eigenvalue weighted by Gasteiger charge is 2.68. The first-order valence-electron chi connectivity index (χ1n) is 6.83. The van der Waals surface area contributed by atoms with Gasteiger partial charge in [-0.25, -0.2) is 5.43 Å². The van der Waals surface area contributed by atoms with Crippen molar-refractivity contribution in [3.63, 3.8) is 0 Å². The van der Waals surface area contributed by atoms with Crippen molar-refractivity contribution in [2.24, 2.45) is 5.73 Å². The number of anilines is 1. The molecule has 4 rings (SSSR count). The van der Waals surface area contributed by atoms with Crippen molar-refractivity contribution in [1.29, 1.82) is 0 Å². The van der Waals surface area contributed by atoms with Crippen LogP contribution in [0.3, 0.4) is 0 Å². The Hall–Kier alpha value is -1.81. The van der Waals surface area contributed by atoms with Gasteiger partial charge in [0.05, 0.1) is 17.1 Å². The van der Waals surface area contributed by atoms with Crippen LogP contribution in [0.4, 0.5) is 5.69 Å². The molecular formula is C15H18N4. The molecule has 3 N–H and O–H groups in total. The Bertz CT molecular complexity index is 633. The van der Waals surface area contributed by atoms with E-state index in [2.05, 4.69) is 35.3 Å². The summed E-state index contributed by atoms with van der Waals surface area (Å²) in [5.41, 5.74) is 14.4. The molecule has 0 aromatic carbocycles. The van der Waals surface area contributed by atoms with E-state index in [-0.39, 0.29) is 11.0 Å². The molecular weight excluding hydrogens is 236 g/mol. The number of fused-ring (bicyclic) bond motifs is 2. The van der Waals surface area contributed by atoms with Crippen LogP contribution < -0.4 is 16.2 Å². The number of aromatic nitrogens is 1. The third-order valence-corrected chi connectivity index (χ3v) is 5.13. The van der Waals surface area contributed by atoms with Crippen LogP contribution in [0.15, 0.2) is 30.2 Å². The molecule has 0 bridgehead atoms. The zero-order chi connectivity index (χ0) is 13.3. The maximum absolute atomic E-state index is 5.76. The minimum atomic E-state index is 0.165. The molecule has 19 heavy (non-hydrogen) atoms. The summed E-state index contributed by atoms with van der Waals surface area (Å²) in [7, 11) is 0. The van der Waals surface area contributed by atoms with Crippen LogP contribution in [0.2, 0.25) is 0 Å². The molecule has 4 heteroatoms. The summed E-state index contributed by atoms with van der Waals surface area (Å²) >= 11 is 0. The number of nitrogens with two attached hydrogens (primary N) is 1. The van der Waals surface area contributed by atoms with Crippen molar-refractivity contribution in [2.75, 3.05) is 5.01 Å². The lowest BCUT2D eigenvalue weighted by molar-refractivity contribution is 0.405. The number of pyridine rings is 1. The zero-order valence-electron chi connectivity index (χ0n) is 11.3. The van der Waals surface area contributed by atoms with Gasteiger partial charge in [-0.3, -0.25) is 9.99 Å². The first-order valence-corrected chi connectivity index (χ1v) is 6.83. The maximum Gasteiger partial charge on any atom is 0.0885 e. The van der Waals surface area contributed by atoms with Gasteiger partial charge in [-0.05, 0) is 36.6 Å². The third-order valence-electron chi connectivity index (χ3n) is 5.13. The molecule has 3 heterocycles. The normalized spacial score (nSPS) is 36.1. The highest BCUT2D eigenvalue weighted by molar-refractivity contribution is 5.80. The molecule has 3 aliphatic rings. The number of rotatable bonds is 1. The summed E-state index contributed by atoms with van der Waals surface area (Å²) in [6.45, 7) is 4.59. The SMILES string of the molecule is CCC12CC1(C)c1ccnc3c1N(N2)/C(=C\N)C=C3. The Morgan fingerprint density at radius 2 is 2.37 bits per heavy atom. The summed E-state index contributed by atoms with van der Waals surface area (Å²) in [5, 5.41) is 2.12. The number of hydrogen-bond acceptors (Lipinski definition) is 4. The third kappa shape index (κ3) is 1.11. The van der Waals surface area contributed by atoms with Gasteiger partial charge in [0.1, 0.15) is 0 Å². The second-order valence-electron chi connectivity index (χ2n) is 5.91. The molecule has 0 radical (unpaired) electrons. The molecule has 1 saturated carbocycles. The van der Waals surface area contributed by atoms with Crippen molar-refractivity contribution in [1.82, 2.24) is 10.4 Å². The average Bonchev–Trinajstić information content (AvgIpc) is 3.07. The van der Waals surface area contributed by atoms with Crippen LogP contribution in [0, 0.1) is 0 Å². The minimum absolute atomic E-state index is 0.165. The first-order chi connectivity index (χ1) is 9.15. The highest BCUT2D eigenvalue weighted by atomic mass is 15.6. The van der Waals surface area contributed by atoms with Gasteiger partial charge in [0.15, 0.2) is 0 Å². The lowest BCUT2D eigenvalue weighted by Crippen LogP contribution is -2.53. The van der Waals surface area contributed by atoms with Crippen LogP contribution in [0.1, 0.15) is 37.9 Å². The second kappa shape index (κ2) is 3.20. The number of hydrogen-bond donors (Lipinski definition) is 2. The van der Waals surface area contributed by atoms with Gasteiger partial charge < -0.3 is 5.73 Å². The second-order valence-corrected chi connectivity index (χ2v) is 5.91. The lowest BCUT2D eigenvalue weighted by atomic mass is 9.87. The molecule has 2 aliphatic heterocycles. The van der Waals surface area contributed by atoms with Gasteiger partial charge in [-0.1, -0.05) is 13.8 Å². The predicted molar refractivity (Wildman–Crippen MR) is 76.1 cm³/mol. The van der Waals surface area contributed by atoms with E-state index < -0.39 is 0 Å². The van der Waals surface area contributed by atoms with E-state index in [1.54, 1.807) is 6.20 Å². The zero-order valence-corrected chi connectivity index (χ0v) is 11.3. The summed E-state index contributed by atoms with van der Waals surface area (Å²) in [5.74, 6) is 0. The molecule has 2 unspecified atom stereocenters. The van der Waals surface area contributed by atoms with Crippen molar-refractivity contribution in [3.8, 4) is 0 Å². The molecule has 98 valence electrons.